The molecule has 0 radical (unpaired) electrons. The molecule has 0 saturated heterocycles. The first-order valence-electron chi connectivity index (χ1n) is 3.68. The Morgan fingerprint density at radius 3 is 2.64 bits per heavy atom. The third-order valence-corrected chi connectivity index (χ3v) is 2.69. The van der Waals surface area contributed by atoms with Crippen LogP contribution in [0.15, 0.2) is 10.7 Å². The molecule has 6 heteroatoms. The molecule has 14 heavy (non-hydrogen) atoms. The Hall–Kier alpha value is -1.04. The molecular formula is C8H7BrF2N2O. The number of primary amides is 1. The van der Waals surface area contributed by atoms with Crippen LogP contribution in [-0.2, 0) is 0 Å². The van der Waals surface area contributed by atoms with E-state index in [1.165, 1.54) is 6.20 Å². The fourth-order valence-corrected chi connectivity index (χ4v) is 1.50. The Balaban J connectivity index is 3.45. The molecule has 0 atom stereocenters. The molecule has 1 aromatic rings. The Kier molecular flexibility index (Phi) is 3.15. The number of aromatic nitrogens is 1. The van der Waals surface area contributed by atoms with E-state index in [1.54, 1.807) is 6.92 Å². The van der Waals surface area contributed by atoms with E-state index < -0.39 is 18.0 Å². The maximum Gasteiger partial charge on any atom is 0.281 e. The molecule has 2 N–H and O–H groups in total. The summed E-state index contributed by atoms with van der Waals surface area (Å²) in [4.78, 5) is 14.4. The molecule has 1 aromatic heterocycles. The lowest BCUT2D eigenvalue weighted by atomic mass is 10.1. The molecule has 0 spiro atoms. The van der Waals surface area contributed by atoms with Crippen molar-refractivity contribution in [2.24, 2.45) is 5.73 Å². The van der Waals surface area contributed by atoms with Crippen molar-refractivity contribution >= 4 is 21.8 Å². The number of nitrogens with zero attached hydrogens (tertiary/aromatic N) is 1. The average molecular weight is 265 g/mol. The number of nitrogens with two attached hydrogens (primary N) is 1. The normalized spacial score (nSPS) is 10.6. The van der Waals surface area contributed by atoms with Crippen LogP contribution in [-0.4, -0.2) is 10.9 Å². The second kappa shape index (κ2) is 4.00. The van der Waals surface area contributed by atoms with Gasteiger partial charge in [0, 0.05) is 10.7 Å². The van der Waals surface area contributed by atoms with Crippen LogP contribution < -0.4 is 5.73 Å². The summed E-state index contributed by atoms with van der Waals surface area (Å²) in [7, 11) is 0. The standard InChI is InChI=1S/C8H7BrF2N2O/c1-3-2-13-6(7(10)11)4(5(3)9)8(12)14/h2,7H,1H3,(H2,12,14). The second-order valence-electron chi connectivity index (χ2n) is 2.68. The van der Waals surface area contributed by atoms with E-state index in [0.717, 1.165) is 0 Å². The van der Waals surface area contributed by atoms with Gasteiger partial charge in [-0.05, 0) is 28.4 Å². The van der Waals surface area contributed by atoms with Gasteiger partial charge in [-0.3, -0.25) is 9.78 Å². The van der Waals surface area contributed by atoms with E-state index in [4.69, 9.17) is 5.73 Å². The quantitative estimate of drug-likeness (QED) is 0.891. The zero-order valence-corrected chi connectivity index (χ0v) is 8.81. The van der Waals surface area contributed by atoms with Crippen molar-refractivity contribution in [3.05, 3.63) is 27.5 Å². The van der Waals surface area contributed by atoms with Crippen molar-refractivity contribution < 1.29 is 13.6 Å². The van der Waals surface area contributed by atoms with Gasteiger partial charge in [-0.25, -0.2) is 8.78 Å². The number of carbonyl (C=O) groups is 1. The molecule has 1 heterocycles. The zero-order chi connectivity index (χ0) is 10.9. The molecule has 3 nitrogen and oxygen atoms in total. The third-order valence-electron chi connectivity index (χ3n) is 1.67. The predicted molar refractivity (Wildman–Crippen MR) is 50.1 cm³/mol. The minimum Gasteiger partial charge on any atom is -0.366 e. The molecule has 0 aliphatic rings. The zero-order valence-electron chi connectivity index (χ0n) is 7.22. The van der Waals surface area contributed by atoms with Gasteiger partial charge in [-0.2, -0.15) is 0 Å². The lowest BCUT2D eigenvalue weighted by molar-refractivity contribution is 0.0982. The van der Waals surface area contributed by atoms with Crippen LogP contribution in [0.2, 0.25) is 0 Å². The summed E-state index contributed by atoms with van der Waals surface area (Å²) in [5, 5.41) is 0. The summed E-state index contributed by atoms with van der Waals surface area (Å²) in [5.74, 6) is -0.914. The highest BCUT2D eigenvalue weighted by Gasteiger charge is 2.22. The van der Waals surface area contributed by atoms with E-state index in [2.05, 4.69) is 20.9 Å². The highest BCUT2D eigenvalue weighted by atomic mass is 79.9. The molecule has 1 amide bonds. The predicted octanol–water partition coefficient (Wildman–Crippen LogP) is 2.19. The first-order valence-corrected chi connectivity index (χ1v) is 4.47. The monoisotopic (exact) mass is 264 g/mol. The summed E-state index contributed by atoms with van der Waals surface area (Å²) in [6.45, 7) is 1.64. The molecule has 0 bridgehead atoms. The van der Waals surface area contributed by atoms with Crippen LogP contribution in [0.4, 0.5) is 8.78 Å². The van der Waals surface area contributed by atoms with Gasteiger partial charge in [0.1, 0.15) is 5.69 Å². The van der Waals surface area contributed by atoms with Crippen molar-refractivity contribution in [3.63, 3.8) is 0 Å². The van der Waals surface area contributed by atoms with Gasteiger partial charge in [0.25, 0.3) is 12.3 Å². The number of hydrogen-bond acceptors (Lipinski definition) is 2. The lowest BCUT2D eigenvalue weighted by Gasteiger charge is -2.08. The minimum atomic E-state index is -2.81. The first-order chi connectivity index (χ1) is 6.45. The molecule has 0 aliphatic heterocycles. The maximum absolute atomic E-state index is 12.4. The van der Waals surface area contributed by atoms with Gasteiger partial charge in [-0.15, -0.1) is 0 Å². The molecule has 0 aromatic carbocycles. The molecule has 0 aliphatic carbocycles. The molecule has 0 fully saturated rings. The average Bonchev–Trinajstić information content (AvgIpc) is 2.08. The minimum absolute atomic E-state index is 0.250. The summed E-state index contributed by atoms with van der Waals surface area (Å²) in [6.07, 6.45) is -1.55. The van der Waals surface area contributed by atoms with Gasteiger partial charge in [0.05, 0.1) is 5.56 Å². The van der Waals surface area contributed by atoms with Gasteiger partial charge >= 0.3 is 0 Å². The van der Waals surface area contributed by atoms with E-state index in [-0.39, 0.29) is 10.0 Å². The second-order valence-corrected chi connectivity index (χ2v) is 3.47. The maximum atomic E-state index is 12.4. The number of carbonyl (C=O) groups excluding carboxylic acids is 1. The van der Waals surface area contributed by atoms with Gasteiger partial charge in [0.2, 0.25) is 0 Å². The molecular weight excluding hydrogens is 258 g/mol. The number of aryl methyl sites for hydroxylation is 1. The van der Waals surface area contributed by atoms with Crippen molar-refractivity contribution in [1.82, 2.24) is 4.98 Å². The largest absolute Gasteiger partial charge is 0.366 e. The number of alkyl halides is 2. The van der Waals surface area contributed by atoms with Crippen molar-refractivity contribution in [3.8, 4) is 0 Å². The first kappa shape index (κ1) is 11.0. The summed E-state index contributed by atoms with van der Waals surface area (Å²) < 4.78 is 25.1. The van der Waals surface area contributed by atoms with Crippen LogP contribution >= 0.6 is 15.9 Å². The molecule has 0 unspecified atom stereocenters. The van der Waals surface area contributed by atoms with E-state index >= 15 is 0 Å². The van der Waals surface area contributed by atoms with E-state index in [9.17, 15) is 13.6 Å². The Bertz CT molecular complexity index is 382. The number of pyridine rings is 1. The summed E-state index contributed by atoms with van der Waals surface area (Å²) >= 11 is 3.03. The summed E-state index contributed by atoms with van der Waals surface area (Å²) in [6, 6.07) is 0. The van der Waals surface area contributed by atoms with Crippen LogP contribution in [0.3, 0.4) is 0 Å². The number of amides is 1. The SMILES string of the molecule is Cc1cnc(C(F)F)c(C(N)=O)c1Br. The van der Waals surface area contributed by atoms with Gasteiger partial charge in [-0.1, -0.05) is 0 Å². The van der Waals surface area contributed by atoms with Crippen LogP contribution in [0, 0.1) is 6.92 Å². The van der Waals surface area contributed by atoms with Crippen LogP contribution in [0.1, 0.15) is 28.0 Å². The number of halogens is 3. The Morgan fingerprint density at radius 2 is 2.21 bits per heavy atom. The topological polar surface area (TPSA) is 56.0 Å². The van der Waals surface area contributed by atoms with Gasteiger partial charge < -0.3 is 5.73 Å². The molecule has 76 valence electrons. The van der Waals surface area contributed by atoms with E-state index in [0.29, 0.717) is 5.56 Å². The van der Waals surface area contributed by atoms with Gasteiger partial charge in [0.15, 0.2) is 0 Å². The fourth-order valence-electron chi connectivity index (χ4n) is 0.997. The van der Waals surface area contributed by atoms with Crippen molar-refractivity contribution in [2.75, 3.05) is 0 Å². The molecule has 1 rings (SSSR count). The van der Waals surface area contributed by atoms with Crippen LogP contribution in [0.5, 0.6) is 0 Å². The number of rotatable bonds is 2. The summed E-state index contributed by atoms with van der Waals surface area (Å²) in [5.41, 5.74) is 4.73. The Labute approximate surface area is 87.4 Å². The molecule has 0 saturated carbocycles. The highest BCUT2D eigenvalue weighted by molar-refractivity contribution is 9.10. The van der Waals surface area contributed by atoms with Crippen molar-refractivity contribution in [1.29, 1.82) is 0 Å². The third kappa shape index (κ3) is 1.89. The lowest BCUT2D eigenvalue weighted by Crippen LogP contribution is -2.16. The fraction of sp³-hybridized carbons (Fsp3) is 0.250. The smallest absolute Gasteiger partial charge is 0.281 e. The van der Waals surface area contributed by atoms with E-state index in [1.807, 2.05) is 0 Å². The number of hydrogen-bond donors (Lipinski definition) is 1. The van der Waals surface area contributed by atoms with Crippen molar-refractivity contribution in [2.45, 2.75) is 13.3 Å². The Morgan fingerprint density at radius 1 is 1.64 bits per heavy atom. The highest BCUT2D eigenvalue weighted by Crippen LogP contribution is 2.28. The van der Waals surface area contributed by atoms with Crippen LogP contribution in [0.25, 0.3) is 0 Å².